The molecule has 0 atom stereocenters. The van der Waals surface area contributed by atoms with Crippen LogP contribution in [0, 0.1) is 24.0 Å². The second kappa shape index (κ2) is 8.70. The molecule has 0 bridgehead atoms. The minimum absolute atomic E-state index is 0.0488. The first-order chi connectivity index (χ1) is 13.9. The van der Waals surface area contributed by atoms with Crippen molar-refractivity contribution in [3.63, 3.8) is 0 Å². The molecule has 0 fully saturated rings. The topological polar surface area (TPSA) is 103 Å². The Morgan fingerprint density at radius 3 is 2.66 bits per heavy atom. The molecule has 8 nitrogen and oxygen atoms in total. The number of nitro benzene ring substituents is 1. The van der Waals surface area contributed by atoms with Crippen LogP contribution >= 0.6 is 11.3 Å². The Labute approximate surface area is 170 Å². The van der Waals surface area contributed by atoms with Gasteiger partial charge in [0.2, 0.25) is 0 Å². The van der Waals surface area contributed by atoms with Crippen molar-refractivity contribution in [2.24, 2.45) is 0 Å². The number of carbonyl (C=O) groups excluding carboxylic acids is 2. The molecular weight excluding hydrogens is 394 g/mol. The molecule has 1 aromatic carbocycles. The highest BCUT2D eigenvalue weighted by Gasteiger charge is 2.20. The summed E-state index contributed by atoms with van der Waals surface area (Å²) in [5, 5.41) is 15.4. The van der Waals surface area contributed by atoms with E-state index in [0.717, 1.165) is 16.3 Å². The third kappa shape index (κ3) is 4.69. The Balaban J connectivity index is 1.64. The van der Waals surface area contributed by atoms with Gasteiger partial charge in [0.15, 0.2) is 6.61 Å². The van der Waals surface area contributed by atoms with Crippen molar-refractivity contribution < 1.29 is 19.2 Å². The lowest BCUT2D eigenvalue weighted by Gasteiger charge is -2.09. The molecule has 0 radical (unpaired) electrons. The van der Waals surface area contributed by atoms with Gasteiger partial charge in [0.05, 0.1) is 17.0 Å². The molecule has 0 spiro atoms. The fraction of sp³-hybridized carbons (Fsp3) is 0.200. The van der Waals surface area contributed by atoms with Crippen molar-refractivity contribution in [2.45, 2.75) is 20.4 Å². The first-order valence-corrected chi connectivity index (χ1v) is 9.64. The van der Waals surface area contributed by atoms with Gasteiger partial charge in [0, 0.05) is 22.3 Å². The molecule has 0 aliphatic carbocycles. The first kappa shape index (κ1) is 20.3. The lowest BCUT2D eigenvalue weighted by Crippen LogP contribution is -2.21. The fourth-order valence-electron chi connectivity index (χ4n) is 2.94. The highest BCUT2D eigenvalue weighted by atomic mass is 32.1. The molecule has 2 aromatic heterocycles. The predicted octanol–water partition coefficient (Wildman–Crippen LogP) is 3.92. The average molecular weight is 413 g/mol. The van der Waals surface area contributed by atoms with Crippen LogP contribution in [-0.4, -0.2) is 28.0 Å². The SMILES string of the molecule is Cc1cc(C(=O)OCC(=O)Nc2ccccc2[N+](=O)[O-])c(C)n1Cc1cccs1. The maximum absolute atomic E-state index is 12.4. The number of thiophene rings is 1. The van der Waals surface area contributed by atoms with Gasteiger partial charge < -0.3 is 14.6 Å². The largest absolute Gasteiger partial charge is 0.452 e. The number of rotatable bonds is 7. The Bertz CT molecular complexity index is 1060. The zero-order valence-electron chi connectivity index (χ0n) is 15.9. The first-order valence-electron chi connectivity index (χ1n) is 8.76. The van der Waals surface area contributed by atoms with Crippen LogP contribution in [0.4, 0.5) is 11.4 Å². The number of anilines is 1. The Hall–Kier alpha value is -3.46. The van der Waals surface area contributed by atoms with Crippen LogP contribution in [0.1, 0.15) is 26.6 Å². The summed E-state index contributed by atoms with van der Waals surface area (Å²) in [4.78, 5) is 36.1. The molecule has 0 aliphatic rings. The van der Waals surface area contributed by atoms with Gasteiger partial charge in [-0.2, -0.15) is 0 Å². The number of carbonyl (C=O) groups is 2. The third-order valence-corrected chi connectivity index (χ3v) is 5.26. The van der Waals surface area contributed by atoms with Gasteiger partial charge in [0.25, 0.3) is 11.6 Å². The standard InChI is InChI=1S/C20H19N3O5S/c1-13-10-16(14(2)22(13)11-15-6-5-9-29-15)20(25)28-12-19(24)21-17-7-3-4-8-18(17)23(26)27/h3-10H,11-12H2,1-2H3,(H,21,24). The summed E-state index contributed by atoms with van der Waals surface area (Å²) in [6.07, 6.45) is 0. The van der Waals surface area contributed by atoms with E-state index < -0.39 is 23.4 Å². The molecule has 1 amide bonds. The molecule has 2 heterocycles. The maximum atomic E-state index is 12.4. The Morgan fingerprint density at radius 2 is 1.97 bits per heavy atom. The molecule has 1 N–H and O–H groups in total. The fourth-order valence-corrected chi connectivity index (χ4v) is 3.64. The maximum Gasteiger partial charge on any atom is 0.340 e. The number of nitro groups is 1. The van der Waals surface area contributed by atoms with Gasteiger partial charge in [-0.3, -0.25) is 14.9 Å². The number of esters is 1. The molecule has 150 valence electrons. The van der Waals surface area contributed by atoms with Gasteiger partial charge in [-0.15, -0.1) is 11.3 Å². The molecule has 3 rings (SSSR count). The van der Waals surface area contributed by atoms with Crippen LogP contribution < -0.4 is 5.32 Å². The molecule has 0 saturated heterocycles. The number of nitrogens with one attached hydrogen (secondary N) is 1. The van der Waals surface area contributed by atoms with Gasteiger partial charge >= 0.3 is 5.97 Å². The monoisotopic (exact) mass is 413 g/mol. The second-order valence-corrected chi connectivity index (χ2v) is 7.38. The molecule has 0 saturated carbocycles. The predicted molar refractivity (Wildman–Crippen MR) is 109 cm³/mol. The number of benzene rings is 1. The molecule has 3 aromatic rings. The van der Waals surface area contributed by atoms with Crippen molar-refractivity contribution in [3.8, 4) is 0 Å². The van der Waals surface area contributed by atoms with Crippen molar-refractivity contribution >= 4 is 34.6 Å². The van der Waals surface area contributed by atoms with E-state index in [9.17, 15) is 19.7 Å². The van der Waals surface area contributed by atoms with Crippen molar-refractivity contribution in [2.75, 3.05) is 11.9 Å². The van der Waals surface area contributed by atoms with Crippen molar-refractivity contribution in [3.05, 3.63) is 79.8 Å². The number of nitrogens with zero attached hydrogens (tertiary/aromatic N) is 2. The molecule has 29 heavy (non-hydrogen) atoms. The summed E-state index contributed by atoms with van der Waals surface area (Å²) in [6, 6.07) is 11.5. The lowest BCUT2D eigenvalue weighted by molar-refractivity contribution is -0.383. The van der Waals surface area contributed by atoms with E-state index >= 15 is 0 Å². The number of hydrogen-bond acceptors (Lipinski definition) is 6. The Morgan fingerprint density at radius 1 is 1.21 bits per heavy atom. The minimum atomic E-state index is -0.653. The summed E-state index contributed by atoms with van der Waals surface area (Å²) in [6.45, 7) is 3.84. The highest BCUT2D eigenvalue weighted by molar-refractivity contribution is 7.09. The van der Waals surface area contributed by atoms with E-state index in [0.29, 0.717) is 12.1 Å². The summed E-state index contributed by atoms with van der Waals surface area (Å²) in [5.41, 5.74) is 1.86. The normalized spacial score (nSPS) is 10.6. The molecular formula is C20H19N3O5S. The molecule has 9 heteroatoms. The number of para-hydroxylation sites is 2. The zero-order chi connectivity index (χ0) is 21.0. The van der Waals surface area contributed by atoms with E-state index in [1.54, 1.807) is 23.5 Å². The summed E-state index contributed by atoms with van der Waals surface area (Å²) in [5.74, 6) is -1.27. The highest BCUT2D eigenvalue weighted by Crippen LogP contribution is 2.23. The van der Waals surface area contributed by atoms with Gasteiger partial charge in [0.1, 0.15) is 5.69 Å². The number of hydrogen-bond donors (Lipinski definition) is 1. The Kier molecular flexibility index (Phi) is 6.08. The zero-order valence-corrected chi connectivity index (χ0v) is 16.7. The van der Waals surface area contributed by atoms with Crippen LogP contribution in [0.15, 0.2) is 47.8 Å². The van der Waals surface area contributed by atoms with Crippen LogP contribution in [0.3, 0.4) is 0 Å². The van der Waals surface area contributed by atoms with Crippen LogP contribution in [0.2, 0.25) is 0 Å². The molecule has 0 aliphatic heterocycles. The van der Waals surface area contributed by atoms with Gasteiger partial charge in [-0.05, 0) is 37.4 Å². The van der Waals surface area contributed by atoms with E-state index in [4.69, 9.17) is 4.74 Å². The van der Waals surface area contributed by atoms with Gasteiger partial charge in [-0.25, -0.2) is 4.79 Å². The average Bonchev–Trinajstić information content (AvgIpc) is 3.30. The lowest BCUT2D eigenvalue weighted by atomic mass is 10.2. The number of ether oxygens (including phenoxy) is 1. The van der Waals surface area contributed by atoms with Gasteiger partial charge in [-0.1, -0.05) is 18.2 Å². The van der Waals surface area contributed by atoms with E-state index in [1.165, 1.54) is 18.2 Å². The second-order valence-electron chi connectivity index (χ2n) is 6.35. The summed E-state index contributed by atoms with van der Waals surface area (Å²) in [7, 11) is 0. The van der Waals surface area contributed by atoms with E-state index in [2.05, 4.69) is 5.32 Å². The summed E-state index contributed by atoms with van der Waals surface area (Å²) >= 11 is 1.63. The smallest absolute Gasteiger partial charge is 0.340 e. The minimum Gasteiger partial charge on any atom is -0.452 e. The number of aryl methyl sites for hydroxylation is 1. The molecule has 0 unspecified atom stereocenters. The van der Waals surface area contributed by atoms with Crippen LogP contribution in [0.5, 0.6) is 0 Å². The van der Waals surface area contributed by atoms with Crippen LogP contribution in [0.25, 0.3) is 0 Å². The third-order valence-electron chi connectivity index (χ3n) is 4.40. The number of aromatic nitrogens is 1. The summed E-state index contributed by atoms with van der Waals surface area (Å²) < 4.78 is 7.12. The quantitative estimate of drug-likeness (QED) is 0.359. The van der Waals surface area contributed by atoms with Crippen molar-refractivity contribution in [1.82, 2.24) is 4.57 Å². The van der Waals surface area contributed by atoms with E-state index in [-0.39, 0.29) is 11.4 Å². The van der Waals surface area contributed by atoms with E-state index in [1.807, 2.05) is 35.9 Å². The van der Waals surface area contributed by atoms with Crippen molar-refractivity contribution in [1.29, 1.82) is 0 Å². The van der Waals surface area contributed by atoms with Crippen LogP contribution in [-0.2, 0) is 16.1 Å². The number of amides is 1.